The molecular weight excluding hydrogens is 893 g/mol. The second kappa shape index (κ2) is 22.1. The number of fused-ring (bicyclic) bond motifs is 2. The number of ether oxygens (including phenoxy) is 7. The Morgan fingerprint density at radius 3 is 0.846 bits per heavy atom. The molecule has 356 valence electrons. The van der Waals surface area contributed by atoms with E-state index >= 15 is 0 Å². The molecule has 13 heteroatoms. The van der Waals surface area contributed by atoms with Crippen molar-refractivity contribution in [3.05, 3.63) is 70.8 Å². The van der Waals surface area contributed by atoms with E-state index in [0.717, 1.165) is 62.2 Å². The highest BCUT2D eigenvalue weighted by atomic mass is 32.2. The van der Waals surface area contributed by atoms with Crippen molar-refractivity contribution in [2.45, 2.75) is 144 Å². The molecule has 0 unspecified atom stereocenters. The van der Waals surface area contributed by atoms with Gasteiger partial charge in [-0.2, -0.15) is 0 Å². The Labute approximate surface area is 406 Å². The topological polar surface area (TPSA) is 117 Å². The molecule has 0 atom stereocenters. The number of benzene rings is 4. The molecule has 9 nitrogen and oxygen atoms in total. The highest BCUT2D eigenvalue weighted by molar-refractivity contribution is 8.01. The van der Waals surface area contributed by atoms with Crippen molar-refractivity contribution in [2.75, 3.05) is 79.2 Å². The van der Waals surface area contributed by atoms with Crippen LogP contribution in [0.1, 0.15) is 105 Å². The quantitative estimate of drug-likeness (QED) is 0.168. The van der Waals surface area contributed by atoms with Crippen molar-refractivity contribution in [1.29, 1.82) is 0 Å². The maximum Gasteiger partial charge on any atom is 0.147 e. The largest absolute Gasteiger partial charge is 0.490 e. The van der Waals surface area contributed by atoms with Crippen molar-refractivity contribution < 1.29 is 33.2 Å². The molecule has 4 aromatic rings. The molecule has 0 saturated carbocycles. The van der Waals surface area contributed by atoms with Crippen LogP contribution in [0.3, 0.4) is 0 Å². The molecule has 0 aromatic heterocycles. The van der Waals surface area contributed by atoms with Crippen LogP contribution in [0.25, 0.3) is 0 Å². The summed E-state index contributed by atoms with van der Waals surface area (Å²) in [4.78, 5) is 7.81. The Kier molecular flexibility index (Phi) is 17.6. The summed E-state index contributed by atoms with van der Waals surface area (Å²) in [5.74, 6) is 3.10. The fraction of sp³-hybridized carbons (Fsp3) is 0.538. The first-order valence-corrected chi connectivity index (χ1v) is 26.0. The van der Waals surface area contributed by atoms with E-state index in [-0.39, 0.29) is 21.7 Å². The highest BCUT2D eigenvalue weighted by Gasteiger charge is 2.30. The van der Waals surface area contributed by atoms with Crippen LogP contribution < -0.4 is 30.4 Å². The first-order valence-electron chi connectivity index (χ1n) is 22.8. The lowest BCUT2D eigenvalue weighted by Gasteiger charge is -2.28. The van der Waals surface area contributed by atoms with Crippen molar-refractivity contribution in [3.8, 4) is 23.0 Å². The number of rotatable bonds is 6. The summed E-state index contributed by atoms with van der Waals surface area (Å²) in [5, 5.41) is 0. The van der Waals surface area contributed by atoms with Crippen molar-refractivity contribution in [2.24, 2.45) is 11.5 Å². The van der Waals surface area contributed by atoms with Crippen LogP contribution in [0.15, 0.2) is 87.7 Å². The zero-order valence-electron chi connectivity index (χ0n) is 40.7. The monoisotopic (exact) mass is 964 g/mol. The fourth-order valence-corrected chi connectivity index (χ4v) is 11.7. The number of nitrogens with two attached hydrogens (primary N) is 2. The summed E-state index contributed by atoms with van der Waals surface area (Å²) in [6.45, 7) is 31.8. The van der Waals surface area contributed by atoms with Crippen molar-refractivity contribution in [1.82, 2.24) is 0 Å². The van der Waals surface area contributed by atoms with Crippen LogP contribution in [0.2, 0.25) is 0 Å². The van der Waals surface area contributed by atoms with Gasteiger partial charge in [-0.05, 0) is 92.4 Å². The van der Waals surface area contributed by atoms with Gasteiger partial charge in [0.15, 0.2) is 0 Å². The molecule has 0 spiro atoms. The van der Waals surface area contributed by atoms with E-state index in [1.54, 1.807) is 47.0 Å². The molecule has 4 N–H and O–H groups in total. The third kappa shape index (κ3) is 13.7. The molecule has 65 heavy (non-hydrogen) atoms. The van der Waals surface area contributed by atoms with Gasteiger partial charge < -0.3 is 44.6 Å². The molecule has 0 radical (unpaired) electrons. The summed E-state index contributed by atoms with van der Waals surface area (Å²) in [5.41, 5.74) is 16.4. The number of hydrogen-bond acceptors (Lipinski definition) is 13. The van der Waals surface area contributed by atoms with Gasteiger partial charge in [0.1, 0.15) is 49.4 Å². The van der Waals surface area contributed by atoms with Crippen LogP contribution >= 0.6 is 47.0 Å². The molecule has 6 rings (SSSR count). The van der Waals surface area contributed by atoms with E-state index in [1.807, 2.05) is 0 Å². The lowest BCUT2D eigenvalue weighted by Crippen LogP contribution is -2.16. The molecule has 2 aliphatic heterocycles. The lowest BCUT2D eigenvalue weighted by atomic mass is 9.87. The Balaban J connectivity index is 1.78. The fourth-order valence-electron chi connectivity index (χ4n) is 6.96. The molecule has 0 fully saturated rings. The summed E-state index contributed by atoms with van der Waals surface area (Å²) in [6, 6.07) is 18.3. The van der Waals surface area contributed by atoms with Crippen LogP contribution in [-0.4, -0.2) is 79.2 Å². The minimum absolute atomic E-state index is 0.185. The van der Waals surface area contributed by atoms with Gasteiger partial charge in [0.05, 0.1) is 78.8 Å². The third-order valence-corrected chi connectivity index (χ3v) is 15.0. The molecule has 0 saturated heterocycles. The SMILES string of the molecule is CC(C)(C)c1cc2c(OCCN)c(c1)Sc1cc(C(C)(C)C)cc3c1OCCOCCOCCOCCOc1c(cc(C(C)(C)C)cc1Sc1cc(C(C)(C)C)cc(c1OCCN)S3)S2. The molecule has 0 aliphatic carbocycles. The van der Waals surface area contributed by atoms with Gasteiger partial charge in [-0.25, -0.2) is 0 Å². The zero-order valence-corrected chi connectivity index (χ0v) is 44.0. The van der Waals surface area contributed by atoms with Gasteiger partial charge in [0.2, 0.25) is 0 Å². The third-order valence-electron chi connectivity index (χ3n) is 10.8. The average molecular weight is 965 g/mol. The second-order valence-corrected chi connectivity index (χ2v) is 24.8. The Hall–Kier alpha value is -2.72. The van der Waals surface area contributed by atoms with Crippen LogP contribution in [0, 0.1) is 0 Å². The minimum Gasteiger partial charge on any atom is -0.490 e. The first-order chi connectivity index (χ1) is 30.7. The Bertz CT molecular complexity index is 2000. The second-order valence-electron chi connectivity index (χ2n) is 20.4. The van der Waals surface area contributed by atoms with Gasteiger partial charge in [0.25, 0.3) is 0 Å². The summed E-state index contributed by atoms with van der Waals surface area (Å²) in [6.07, 6.45) is 0. The minimum atomic E-state index is -0.190. The van der Waals surface area contributed by atoms with Crippen molar-refractivity contribution >= 4 is 47.0 Å². The van der Waals surface area contributed by atoms with Gasteiger partial charge in [-0.1, -0.05) is 130 Å². The summed E-state index contributed by atoms with van der Waals surface area (Å²) >= 11 is 6.69. The molecule has 4 aromatic carbocycles. The lowest BCUT2D eigenvalue weighted by molar-refractivity contribution is 0.00450. The zero-order chi connectivity index (χ0) is 47.2. The maximum absolute atomic E-state index is 6.95. The van der Waals surface area contributed by atoms with Crippen molar-refractivity contribution in [3.63, 3.8) is 0 Å². The van der Waals surface area contributed by atoms with E-state index in [9.17, 15) is 0 Å². The first kappa shape index (κ1) is 51.7. The van der Waals surface area contributed by atoms with Crippen LogP contribution in [0.5, 0.6) is 23.0 Å². The van der Waals surface area contributed by atoms with Crippen LogP contribution in [0.4, 0.5) is 0 Å². The van der Waals surface area contributed by atoms with E-state index in [2.05, 4.69) is 132 Å². The predicted molar refractivity (Wildman–Crippen MR) is 270 cm³/mol. The number of hydrogen-bond donors (Lipinski definition) is 2. The summed E-state index contributed by atoms with van der Waals surface area (Å²) in [7, 11) is 0. The molecule has 2 aliphatic rings. The molecule has 10 bridgehead atoms. The van der Waals surface area contributed by atoms with Gasteiger partial charge in [-0.15, -0.1) is 0 Å². The van der Waals surface area contributed by atoms with Crippen LogP contribution in [-0.2, 0) is 35.9 Å². The molecule has 2 heterocycles. The Morgan fingerprint density at radius 1 is 0.385 bits per heavy atom. The average Bonchev–Trinajstić information content (AvgIpc) is 3.20. The molecule has 0 amide bonds. The standard InChI is InChI=1S/C52H72N2O7S4/c1-49(2,3)33-25-37-45(58-15-13-53)38(26-33)63-42-30-36(52(10,11)12)32-44-48(42)61-24-22-57-20-18-55-17-19-56-21-23-60-47-41(62-37)29-35(51(7,8)9)31-43(47)64-39-27-34(50(4,5)6)28-40(65-44)46(39)59-16-14-54/h25-32H,13-24,53-54H2,1-12H3. The predicted octanol–water partition coefficient (Wildman–Crippen LogP) is 12.3. The normalized spacial score (nSPS) is 16.0. The van der Waals surface area contributed by atoms with E-state index < -0.39 is 0 Å². The smallest absolute Gasteiger partial charge is 0.147 e. The maximum atomic E-state index is 6.95. The van der Waals surface area contributed by atoms with E-state index in [4.69, 9.17) is 44.6 Å². The molecular formula is C52H72N2O7S4. The van der Waals surface area contributed by atoms with E-state index in [1.165, 1.54) is 22.3 Å². The van der Waals surface area contributed by atoms with Gasteiger partial charge >= 0.3 is 0 Å². The van der Waals surface area contributed by atoms with E-state index in [0.29, 0.717) is 79.2 Å². The Morgan fingerprint density at radius 2 is 0.615 bits per heavy atom. The van der Waals surface area contributed by atoms with Gasteiger partial charge in [0, 0.05) is 13.1 Å². The van der Waals surface area contributed by atoms with Gasteiger partial charge in [-0.3, -0.25) is 0 Å². The summed E-state index contributed by atoms with van der Waals surface area (Å²) < 4.78 is 45.4. The highest BCUT2D eigenvalue weighted by Crippen LogP contribution is 2.56.